The van der Waals surface area contributed by atoms with Gasteiger partial charge in [0.25, 0.3) is 0 Å². The molecule has 0 atom stereocenters. The number of nitrogens with one attached hydrogen (secondary N) is 1. The number of ether oxygens (including phenoxy) is 2. The van der Waals surface area contributed by atoms with E-state index >= 15 is 0 Å². The molecule has 1 N–H and O–H groups in total. The molecular formula is C16H25N3O2. The Kier molecular flexibility index (Phi) is 4.93. The third-order valence-corrected chi connectivity index (χ3v) is 4.19. The lowest BCUT2D eigenvalue weighted by molar-refractivity contribution is 0.170. The van der Waals surface area contributed by atoms with Gasteiger partial charge in [0, 0.05) is 18.7 Å². The molecule has 2 aliphatic heterocycles. The molecule has 3 rings (SSSR count). The van der Waals surface area contributed by atoms with E-state index in [-0.39, 0.29) is 0 Å². The van der Waals surface area contributed by atoms with Crippen LogP contribution in [-0.2, 0) is 6.54 Å². The maximum atomic E-state index is 5.60. The van der Waals surface area contributed by atoms with Crippen molar-refractivity contribution >= 4 is 0 Å². The summed E-state index contributed by atoms with van der Waals surface area (Å²) in [6.45, 7) is 7.94. The Balaban J connectivity index is 1.47. The Morgan fingerprint density at radius 2 is 2.00 bits per heavy atom. The number of nitrogens with zero attached hydrogens (tertiary/aromatic N) is 2. The Hall–Kier alpha value is -1.33. The van der Waals surface area contributed by atoms with E-state index < -0.39 is 0 Å². The standard InChI is InChI=1S/C16H25N3O2/c1-2-5-19-6-3-13(4-7-19)17-11-14-10-15-16(12-18-14)21-9-8-20-15/h10,12-13,17H,2-9,11H2,1H3. The molecule has 5 nitrogen and oxygen atoms in total. The Labute approximate surface area is 126 Å². The van der Waals surface area contributed by atoms with Gasteiger partial charge in [-0.1, -0.05) is 6.92 Å². The van der Waals surface area contributed by atoms with Gasteiger partial charge in [0.05, 0.1) is 11.9 Å². The molecule has 1 aromatic heterocycles. The van der Waals surface area contributed by atoms with Crippen molar-refractivity contribution in [2.45, 2.75) is 38.8 Å². The van der Waals surface area contributed by atoms with Crippen molar-refractivity contribution in [3.8, 4) is 11.5 Å². The second-order valence-corrected chi connectivity index (χ2v) is 5.82. The summed E-state index contributed by atoms with van der Waals surface area (Å²) in [6.07, 6.45) is 5.48. The summed E-state index contributed by atoms with van der Waals surface area (Å²) < 4.78 is 11.1. The molecule has 1 saturated heterocycles. The quantitative estimate of drug-likeness (QED) is 0.896. The lowest BCUT2D eigenvalue weighted by atomic mass is 10.0. The van der Waals surface area contributed by atoms with Crippen molar-refractivity contribution in [1.29, 1.82) is 0 Å². The van der Waals surface area contributed by atoms with E-state index in [4.69, 9.17) is 9.47 Å². The second-order valence-electron chi connectivity index (χ2n) is 5.82. The maximum Gasteiger partial charge on any atom is 0.179 e. The lowest BCUT2D eigenvalue weighted by Gasteiger charge is -2.32. The van der Waals surface area contributed by atoms with Gasteiger partial charge < -0.3 is 19.7 Å². The predicted molar refractivity (Wildman–Crippen MR) is 81.8 cm³/mol. The number of likely N-dealkylation sites (tertiary alicyclic amines) is 1. The Morgan fingerprint density at radius 3 is 2.76 bits per heavy atom. The van der Waals surface area contributed by atoms with Crippen molar-refractivity contribution in [2.24, 2.45) is 0 Å². The monoisotopic (exact) mass is 291 g/mol. The summed E-state index contributed by atoms with van der Waals surface area (Å²) >= 11 is 0. The van der Waals surface area contributed by atoms with Gasteiger partial charge in [-0.15, -0.1) is 0 Å². The van der Waals surface area contributed by atoms with Gasteiger partial charge in [-0.2, -0.15) is 0 Å². The summed E-state index contributed by atoms with van der Waals surface area (Å²) in [5, 5.41) is 3.62. The molecule has 21 heavy (non-hydrogen) atoms. The van der Waals surface area contributed by atoms with Gasteiger partial charge in [-0.05, 0) is 38.9 Å². The van der Waals surface area contributed by atoms with E-state index in [0.29, 0.717) is 19.3 Å². The molecule has 5 heteroatoms. The molecule has 0 aromatic carbocycles. The highest BCUT2D eigenvalue weighted by atomic mass is 16.6. The first-order chi connectivity index (χ1) is 10.3. The molecule has 2 aliphatic rings. The summed E-state index contributed by atoms with van der Waals surface area (Å²) in [7, 11) is 0. The van der Waals surface area contributed by atoms with Crippen molar-refractivity contribution in [3.05, 3.63) is 18.0 Å². The number of hydrogen-bond donors (Lipinski definition) is 1. The maximum absolute atomic E-state index is 5.60. The molecule has 0 radical (unpaired) electrons. The minimum Gasteiger partial charge on any atom is -0.486 e. The zero-order valence-electron chi connectivity index (χ0n) is 12.8. The molecule has 0 saturated carbocycles. The number of pyridine rings is 1. The fourth-order valence-electron chi connectivity index (χ4n) is 3.01. The first kappa shape index (κ1) is 14.6. The van der Waals surface area contributed by atoms with E-state index in [2.05, 4.69) is 22.1 Å². The molecular weight excluding hydrogens is 266 g/mol. The third kappa shape index (κ3) is 3.86. The van der Waals surface area contributed by atoms with E-state index in [1.165, 1.54) is 38.9 Å². The van der Waals surface area contributed by atoms with E-state index in [1.54, 1.807) is 6.20 Å². The van der Waals surface area contributed by atoms with E-state index in [9.17, 15) is 0 Å². The van der Waals surface area contributed by atoms with Gasteiger partial charge >= 0.3 is 0 Å². The number of hydrogen-bond acceptors (Lipinski definition) is 5. The average Bonchev–Trinajstić information content (AvgIpc) is 2.54. The summed E-state index contributed by atoms with van der Waals surface area (Å²) in [4.78, 5) is 7.00. The highest BCUT2D eigenvalue weighted by Crippen LogP contribution is 2.29. The fourth-order valence-corrected chi connectivity index (χ4v) is 3.01. The van der Waals surface area contributed by atoms with Crippen LogP contribution in [0.5, 0.6) is 11.5 Å². The molecule has 0 bridgehead atoms. The first-order valence-corrected chi connectivity index (χ1v) is 8.05. The van der Waals surface area contributed by atoms with Crippen LogP contribution in [0.15, 0.2) is 12.3 Å². The molecule has 116 valence electrons. The van der Waals surface area contributed by atoms with Gasteiger partial charge in [0.1, 0.15) is 13.2 Å². The molecule has 0 amide bonds. The normalized spacial score (nSPS) is 19.7. The third-order valence-electron chi connectivity index (χ3n) is 4.19. The molecule has 1 aromatic rings. The predicted octanol–water partition coefficient (Wildman–Crippen LogP) is 1.82. The number of aromatic nitrogens is 1. The smallest absolute Gasteiger partial charge is 0.179 e. The molecule has 0 spiro atoms. The second kappa shape index (κ2) is 7.09. The zero-order chi connectivity index (χ0) is 14.5. The summed E-state index contributed by atoms with van der Waals surface area (Å²) in [5.41, 5.74) is 1.02. The van der Waals surface area contributed by atoms with Crippen LogP contribution >= 0.6 is 0 Å². The molecule has 0 aliphatic carbocycles. The van der Waals surface area contributed by atoms with Gasteiger partial charge in [-0.3, -0.25) is 4.98 Å². The molecule has 1 fully saturated rings. The van der Waals surface area contributed by atoms with Crippen LogP contribution in [0, 0.1) is 0 Å². The molecule has 3 heterocycles. The van der Waals surface area contributed by atoms with Gasteiger partial charge in [0.2, 0.25) is 0 Å². The van der Waals surface area contributed by atoms with Crippen LogP contribution in [0.2, 0.25) is 0 Å². The van der Waals surface area contributed by atoms with Crippen LogP contribution in [0.1, 0.15) is 31.9 Å². The van der Waals surface area contributed by atoms with Crippen molar-refractivity contribution in [1.82, 2.24) is 15.2 Å². The highest BCUT2D eigenvalue weighted by molar-refractivity contribution is 5.39. The van der Waals surface area contributed by atoms with Crippen LogP contribution in [-0.4, -0.2) is 48.8 Å². The van der Waals surface area contributed by atoms with Crippen LogP contribution in [0.4, 0.5) is 0 Å². The minimum absolute atomic E-state index is 0.605. The van der Waals surface area contributed by atoms with Crippen LogP contribution in [0.3, 0.4) is 0 Å². The topological polar surface area (TPSA) is 46.6 Å². The van der Waals surface area contributed by atoms with E-state index in [1.807, 2.05) is 6.07 Å². The zero-order valence-corrected chi connectivity index (χ0v) is 12.8. The Bertz CT molecular complexity index is 459. The lowest BCUT2D eigenvalue weighted by Crippen LogP contribution is -2.42. The largest absolute Gasteiger partial charge is 0.486 e. The van der Waals surface area contributed by atoms with Gasteiger partial charge in [-0.25, -0.2) is 0 Å². The van der Waals surface area contributed by atoms with Crippen molar-refractivity contribution in [3.63, 3.8) is 0 Å². The molecule has 0 unspecified atom stereocenters. The van der Waals surface area contributed by atoms with Crippen LogP contribution < -0.4 is 14.8 Å². The van der Waals surface area contributed by atoms with Crippen LogP contribution in [0.25, 0.3) is 0 Å². The number of fused-ring (bicyclic) bond motifs is 1. The summed E-state index contributed by atoms with van der Waals surface area (Å²) in [6, 6.07) is 2.60. The number of rotatable bonds is 5. The first-order valence-electron chi connectivity index (χ1n) is 8.05. The summed E-state index contributed by atoms with van der Waals surface area (Å²) in [5.74, 6) is 1.59. The van der Waals surface area contributed by atoms with Crippen molar-refractivity contribution in [2.75, 3.05) is 32.8 Å². The van der Waals surface area contributed by atoms with Gasteiger partial charge in [0.15, 0.2) is 11.5 Å². The number of piperidine rings is 1. The highest BCUT2D eigenvalue weighted by Gasteiger charge is 2.18. The Morgan fingerprint density at radius 1 is 1.24 bits per heavy atom. The van der Waals surface area contributed by atoms with Crippen molar-refractivity contribution < 1.29 is 9.47 Å². The minimum atomic E-state index is 0.605. The average molecular weight is 291 g/mol. The fraction of sp³-hybridized carbons (Fsp3) is 0.688. The SMILES string of the molecule is CCCN1CCC(NCc2cc3c(cn2)OCCO3)CC1. The van der Waals surface area contributed by atoms with E-state index in [0.717, 1.165) is 23.7 Å².